The van der Waals surface area contributed by atoms with Gasteiger partial charge in [-0.25, -0.2) is 0 Å². The molecule has 5 heteroatoms. The highest BCUT2D eigenvalue weighted by Crippen LogP contribution is 2.51. The Hall–Kier alpha value is -1.39. The molecule has 1 aromatic rings. The Morgan fingerprint density at radius 3 is 2.47 bits per heavy atom. The third-order valence-electron chi connectivity index (χ3n) is 4.05. The van der Waals surface area contributed by atoms with Crippen LogP contribution >= 0.6 is 0 Å². The van der Waals surface area contributed by atoms with Crippen molar-refractivity contribution in [2.45, 2.75) is 44.4 Å². The van der Waals surface area contributed by atoms with E-state index in [9.17, 15) is 13.2 Å². The Balaban J connectivity index is 2.08. The van der Waals surface area contributed by atoms with Crippen molar-refractivity contribution in [2.24, 2.45) is 0 Å². The maximum atomic E-state index is 12.9. The van der Waals surface area contributed by atoms with Crippen LogP contribution in [0.25, 0.3) is 0 Å². The summed E-state index contributed by atoms with van der Waals surface area (Å²) in [6.45, 7) is 4.90. The van der Waals surface area contributed by atoms with E-state index >= 15 is 0 Å². The molecule has 0 unspecified atom stereocenters. The summed E-state index contributed by atoms with van der Waals surface area (Å²) in [4.78, 5) is 2.16. The van der Waals surface area contributed by atoms with Crippen molar-refractivity contribution < 1.29 is 13.2 Å². The maximum Gasteiger partial charge on any atom is 0.416 e. The average molecular weight is 270 g/mol. The van der Waals surface area contributed by atoms with Crippen LogP contribution in [-0.2, 0) is 6.18 Å². The molecule has 1 spiro atoms. The van der Waals surface area contributed by atoms with Crippen molar-refractivity contribution in [2.75, 3.05) is 16.8 Å². The summed E-state index contributed by atoms with van der Waals surface area (Å²) in [6, 6.07) is 4.17. The molecular formula is C14H17F3N2. The van der Waals surface area contributed by atoms with Gasteiger partial charge in [0.25, 0.3) is 0 Å². The van der Waals surface area contributed by atoms with E-state index in [-0.39, 0.29) is 11.6 Å². The monoisotopic (exact) mass is 270 g/mol. The highest BCUT2D eigenvalue weighted by molar-refractivity contribution is 5.76. The van der Waals surface area contributed by atoms with Gasteiger partial charge in [0.1, 0.15) is 0 Å². The number of nitrogens with zero attached hydrogens (tertiary/aromatic N) is 1. The van der Waals surface area contributed by atoms with Crippen LogP contribution in [0.5, 0.6) is 0 Å². The number of hydrogen-bond acceptors (Lipinski definition) is 2. The summed E-state index contributed by atoms with van der Waals surface area (Å²) in [5.74, 6) is 0. The molecule has 3 rings (SSSR count). The first-order chi connectivity index (χ1) is 8.83. The van der Waals surface area contributed by atoms with E-state index in [2.05, 4.69) is 10.2 Å². The lowest BCUT2D eigenvalue weighted by Gasteiger charge is -2.43. The summed E-state index contributed by atoms with van der Waals surface area (Å²) in [7, 11) is 0. The van der Waals surface area contributed by atoms with Crippen molar-refractivity contribution in [1.29, 1.82) is 0 Å². The van der Waals surface area contributed by atoms with Gasteiger partial charge in [0.05, 0.1) is 22.5 Å². The highest BCUT2D eigenvalue weighted by Gasteiger charge is 2.51. The van der Waals surface area contributed by atoms with Crippen LogP contribution in [0.3, 0.4) is 0 Å². The molecule has 0 atom stereocenters. The van der Waals surface area contributed by atoms with Gasteiger partial charge in [-0.15, -0.1) is 0 Å². The second-order valence-corrected chi connectivity index (χ2v) is 5.77. The van der Waals surface area contributed by atoms with Gasteiger partial charge in [-0.05, 0) is 44.9 Å². The molecule has 0 radical (unpaired) electrons. The fourth-order valence-electron chi connectivity index (χ4n) is 3.05. The van der Waals surface area contributed by atoms with Crippen LogP contribution in [0.15, 0.2) is 18.2 Å². The summed E-state index contributed by atoms with van der Waals surface area (Å²) in [6.07, 6.45) is -2.19. The molecule has 0 amide bonds. The number of rotatable bonds is 1. The van der Waals surface area contributed by atoms with Crippen molar-refractivity contribution in [3.8, 4) is 0 Å². The first-order valence-electron chi connectivity index (χ1n) is 6.58. The SMILES string of the molecule is CC(C)N1c2cc(C(F)(F)F)ccc2NCC12CC2. The standard InChI is InChI=1S/C14H17F3N2/c1-9(2)19-12-7-10(14(15,16)17)3-4-11(12)18-8-13(19)5-6-13/h3-4,7,9,18H,5-6,8H2,1-2H3. The normalized spacial score (nSPS) is 20.4. The number of anilines is 2. The molecule has 1 saturated carbocycles. The fourth-order valence-corrected chi connectivity index (χ4v) is 3.05. The minimum Gasteiger partial charge on any atom is -0.381 e. The zero-order valence-corrected chi connectivity index (χ0v) is 11.0. The van der Waals surface area contributed by atoms with E-state index in [0.29, 0.717) is 5.69 Å². The zero-order valence-electron chi connectivity index (χ0n) is 11.0. The van der Waals surface area contributed by atoms with E-state index in [1.54, 1.807) is 6.07 Å². The van der Waals surface area contributed by atoms with E-state index in [0.717, 1.165) is 31.1 Å². The molecule has 1 aliphatic heterocycles. The van der Waals surface area contributed by atoms with E-state index < -0.39 is 11.7 Å². The summed E-state index contributed by atoms with van der Waals surface area (Å²) >= 11 is 0. The number of halogens is 3. The molecule has 1 fully saturated rings. The molecule has 0 aromatic heterocycles. The van der Waals surface area contributed by atoms with Gasteiger partial charge in [-0.3, -0.25) is 0 Å². The third kappa shape index (κ3) is 1.95. The van der Waals surface area contributed by atoms with Crippen LogP contribution in [0.1, 0.15) is 32.3 Å². The topological polar surface area (TPSA) is 15.3 Å². The zero-order chi connectivity index (χ0) is 13.8. The largest absolute Gasteiger partial charge is 0.416 e. The second-order valence-electron chi connectivity index (χ2n) is 5.77. The number of alkyl halides is 3. The number of nitrogens with one attached hydrogen (secondary N) is 1. The van der Waals surface area contributed by atoms with Gasteiger partial charge in [-0.1, -0.05) is 0 Å². The van der Waals surface area contributed by atoms with E-state index in [1.807, 2.05) is 13.8 Å². The molecular weight excluding hydrogens is 253 g/mol. The van der Waals surface area contributed by atoms with Gasteiger partial charge in [0, 0.05) is 12.6 Å². The number of fused-ring (bicyclic) bond motifs is 1. The predicted molar refractivity (Wildman–Crippen MR) is 69.5 cm³/mol. The van der Waals surface area contributed by atoms with Gasteiger partial charge in [0.2, 0.25) is 0 Å². The Labute approximate surface area is 110 Å². The average Bonchev–Trinajstić information content (AvgIpc) is 3.06. The Morgan fingerprint density at radius 2 is 1.95 bits per heavy atom. The molecule has 1 heterocycles. The Morgan fingerprint density at radius 1 is 1.26 bits per heavy atom. The van der Waals surface area contributed by atoms with Crippen LogP contribution < -0.4 is 10.2 Å². The Kier molecular flexibility index (Phi) is 2.53. The molecule has 0 saturated heterocycles. The van der Waals surface area contributed by atoms with Crippen LogP contribution in [0, 0.1) is 0 Å². The second kappa shape index (κ2) is 3.81. The number of benzene rings is 1. The summed E-state index contributed by atoms with van der Waals surface area (Å²) < 4.78 is 38.6. The summed E-state index contributed by atoms with van der Waals surface area (Å²) in [5.41, 5.74) is 0.954. The lowest BCUT2D eigenvalue weighted by atomic mass is 10.0. The number of hydrogen-bond donors (Lipinski definition) is 1. The molecule has 104 valence electrons. The van der Waals surface area contributed by atoms with Crippen molar-refractivity contribution in [3.63, 3.8) is 0 Å². The van der Waals surface area contributed by atoms with Gasteiger partial charge in [-0.2, -0.15) is 13.2 Å². The van der Waals surface area contributed by atoms with Gasteiger partial charge in [0.15, 0.2) is 0 Å². The van der Waals surface area contributed by atoms with Gasteiger partial charge >= 0.3 is 6.18 Å². The lowest BCUT2D eigenvalue weighted by Crippen LogP contribution is -2.50. The molecule has 2 nitrogen and oxygen atoms in total. The van der Waals surface area contributed by atoms with Crippen LogP contribution in [-0.4, -0.2) is 18.1 Å². The quantitative estimate of drug-likeness (QED) is 0.833. The van der Waals surface area contributed by atoms with E-state index in [1.165, 1.54) is 6.07 Å². The first-order valence-corrected chi connectivity index (χ1v) is 6.58. The molecule has 19 heavy (non-hydrogen) atoms. The van der Waals surface area contributed by atoms with Crippen molar-refractivity contribution in [3.05, 3.63) is 23.8 Å². The molecule has 0 bridgehead atoms. The third-order valence-corrected chi connectivity index (χ3v) is 4.05. The minimum atomic E-state index is -4.29. The lowest BCUT2D eigenvalue weighted by molar-refractivity contribution is -0.137. The Bertz CT molecular complexity index is 504. The van der Waals surface area contributed by atoms with Gasteiger partial charge < -0.3 is 10.2 Å². The predicted octanol–water partition coefficient (Wildman–Crippen LogP) is 3.88. The van der Waals surface area contributed by atoms with Crippen LogP contribution in [0.4, 0.5) is 24.5 Å². The first kappa shape index (κ1) is 12.6. The molecule has 1 N–H and O–H groups in total. The van der Waals surface area contributed by atoms with Crippen molar-refractivity contribution in [1.82, 2.24) is 0 Å². The minimum absolute atomic E-state index is 0.0331. The van der Waals surface area contributed by atoms with Crippen molar-refractivity contribution >= 4 is 11.4 Å². The smallest absolute Gasteiger partial charge is 0.381 e. The summed E-state index contributed by atoms with van der Waals surface area (Å²) in [5, 5.41) is 3.27. The highest BCUT2D eigenvalue weighted by atomic mass is 19.4. The molecule has 1 aromatic carbocycles. The fraction of sp³-hybridized carbons (Fsp3) is 0.571. The maximum absolute atomic E-state index is 12.9. The van der Waals surface area contributed by atoms with Crippen LogP contribution in [0.2, 0.25) is 0 Å². The molecule has 2 aliphatic rings. The molecule has 1 aliphatic carbocycles. The van der Waals surface area contributed by atoms with E-state index in [4.69, 9.17) is 0 Å².